The maximum absolute atomic E-state index is 12.9. The molecule has 1 fully saturated rings. The Balaban J connectivity index is 1.75. The summed E-state index contributed by atoms with van der Waals surface area (Å²) in [6, 6.07) is 14.6. The minimum Gasteiger partial charge on any atom is -0.497 e. The molecule has 1 saturated heterocycles. The number of para-hydroxylation sites is 1. The van der Waals surface area contributed by atoms with Gasteiger partial charge in [0.1, 0.15) is 5.75 Å². The van der Waals surface area contributed by atoms with Crippen LogP contribution in [0.1, 0.15) is 28.3 Å². The van der Waals surface area contributed by atoms with Crippen LogP contribution in [0, 0.1) is 0 Å². The summed E-state index contributed by atoms with van der Waals surface area (Å²) in [5.74, 6) is 0.910. The second-order valence-electron chi connectivity index (χ2n) is 6.43. The monoisotopic (exact) mass is 374 g/mol. The first-order valence-corrected chi connectivity index (χ1v) is 10.3. The van der Waals surface area contributed by atoms with Crippen molar-refractivity contribution in [1.29, 1.82) is 0 Å². The maximum atomic E-state index is 12.9. The van der Waals surface area contributed by atoms with Crippen LogP contribution in [-0.2, 0) is 10.0 Å². The highest BCUT2D eigenvalue weighted by Crippen LogP contribution is 2.30. The zero-order valence-corrected chi connectivity index (χ0v) is 15.6. The molecule has 1 heterocycles. The van der Waals surface area contributed by atoms with Crippen LogP contribution in [-0.4, -0.2) is 45.7 Å². The number of anilines is 1. The molecule has 1 aliphatic rings. The summed E-state index contributed by atoms with van der Waals surface area (Å²) < 4.78 is 30.7. The van der Waals surface area contributed by atoms with Crippen LogP contribution in [0.25, 0.3) is 0 Å². The molecular formula is C19H22N2O4S. The summed E-state index contributed by atoms with van der Waals surface area (Å²) in [7, 11) is -1.82. The van der Waals surface area contributed by atoms with Gasteiger partial charge in [0.05, 0.1) is 24.6 Å². The fraction of sp³-hybridized carbons (Fsp3) is 0.316. The molecule has 1 aliphatic heterocycles. The first-order chi connectivity index (χ1) is 12.4. The average Bonchev–Trinajstić information content (AvgIpc) is 3.10. The van der Waals surface area contributed by atoms with Gasteiger partial charge >= 0.3 is 0 Å². The SMILES string of the molecule is COc1ccc(C2CCN(C(=O)c3ccccc3NS(C)(=O)=O)C2)cc1. The van der Waals surface area contributed by atoms with Crippen molar-refractivity contribution < 1.29 is 17.9 Å². The van der Waals surface area contributed by atoms with E-state index in [2.05, 4.69) is 4.72 Å². The predicted molar refractivity (Wildman–Crippen MR) is 101 cm³/mol. The Hall–Kier alpha value is -2.54. The van der Waals surface area contributed by atoms with E-state index in [-0.39, 0.29) is 11.8 Å². The van der Waals surface area contributed by atoms with Crippen molar-refractivity contribution in [3.63, 3.8) is 0 Å². The van der Waals surface area contributed by atoms with Crippen molar-refractivity contribution in [2.45, 2.75) is 12.3 Å². The number of rotatable bonds is 5. The number of likely N-dealkylation sites (tertiary alicyclic amines) is 1. The van der Waals surface area contributed by atoms with Gasteiger partial charge in [-0.15, -0.1) is 0 Å². The van der Waals surface area contributed by atoms with E-state index >= 15 is 0 Å². The zero-order chi connectivity index (χ0) is 18.7. The molecule has 7 heteroatoms. The van der Waals surface area contributed by atoms with Gasteiger partial charge in [-0.3, -0.25) is 9.52 Å². The highest BCUT2D eigenvalue weighted by molar-refractivity contribution is 7.92. The van der Waals surface area contributed by atoms with Crippen LogP contribution < -0.4 is 9.46 Å². The fourth-order valence-corrected chi connectivity index (χ4v) is 3.80. The Morgan fingerprint density at radius 1 is 1.15 bits per heavy atom. The minimum atomic E-state index is -3.45. The van der Waals surface area contributed by atoms with Gasteiger partial charge in [0.25, 0.3) is 5.91 Å². The molecule has 0 aliphatic carbocycles. The maximum Gasteiger partial charge on any atom is 0.256 e. The average molecular weight is 374 g/mol. The van der Waals surface area contributed by atoms with Crippen LogP contribution in [0.4, 0.5) is 5.69 Å². The lowest BCUT2D eigenvalue weighted by molar-refractivity contribution is 0.0792. The molecule has 1 atom stereocenters. The van der Waals surface area contributed by atoms with Crippen molar-refractivity contribution in [1.82, 2.24) is 4.90 Å². The van der Waals surface area contributed by atoms with Gasteiger partial charge in [-0.25, -0.2) is 8.42 Å². The van der Waals surface area contributed by atoms with Gasteiger partial charge in [-0.05, 0) is 36.2 Å². The van der Waals surface area contributed by atoms with Crippen molar-refractivity contribution in [2.24, 2.45) is 0 Å². The number of benzene rings is 2. The summed E-state index contributed by atoms with van der Waals surface area (Å²) >= 11 is 0. The quantitative estimate of drug-likeness (QED) is 0.873. The molecule has 0 aromatic heterocycles. The van der Waals surface area contributed by atoms with Crippen molar-refractivity contribution in [3.8, 4) is 5.75 Å². The lowest BCUT2D eigenvalue weighted by Crippen LogP contribution is -2.29. The molecule has 0 spiro atoms. The largest absolute Gasteiger partial charge is 0.497 e. The number of methoxy groups -OCH3 is 1. The lowest BCUT2D eigenvalue weighted by Gasteiger charge is -2.19. The Morgan fingerprint density at radius 2 is 1.85 bits per heavy atom. The van der Waals surface area contributed by atoms with E-state index in [1.165, 1.54) is 5.56 Å². The molecule has 1 unspecified atom stereocenters. The lowest BCUT2D eigenvalue weighted by atomic mass is 9.98. The molecule has 26 heavy (non-hydrogen) atoms. The molecular weight excluding hydrogens is 352 g/mol. The Labute approximate surface area is 153 Å². The number of hydrogen-bond acceptors (Lipinski definition) is 4. The van der Waals surface area contributed by atoms with Gasteiger partial charge < -0.3 is 9.64 Å². The molecule has 2 aromatic rings. The van der Waals surface area contributed by atoms with Gasteiger partial charge in [0.15, 0.2) is 0 Å². The molecule has 1 N–H and O–H groups in total. The number of ether oxygens (including phenoxy) is 1. The zero-order valence-electron chi connectivity index (χ0n) is 14.8. The standard InChI is InChI=1S/C19H22N2O4S/c1-25-16-9-7-14(8-10-16)15-11-12-21(13-15)19(22)17-5-3-4-6-18(17)20-26(2,23)24/h3-10,15,20H,11-13H2,1-2H3. The van der Waals surface area contributed by atoms with E-state index in [0.29, 0.717) is 24.3 Å². The number of nitrogens with zero attached hydrogens (tertiary/aromatic N) is 1. The van der Waals surface area contributed by atoms with Gasteiger partial charge in [0, 0.05) is 19.0 Å². The third-order valence-corrected chi connectivity index (χ3v) is 5.11. The van der Waals surface area contributed by atoms with Crippen molar-refractivity contribution >= 4 is 21.6 Å². The van der Waals surface area contributed by atoms with E-state index < -0.39 is 10.0 Å². The van der Waals surface area contributed by atoms with Crippen molar-refractivity contribution in [2.75, 3.05) is 31.2 Å². The van der Waals surface area contributed by atoms with Gasteiger partial charge in [-0.1, -0.05) is 24.3 Å². The molecule has 138 valence electrons. The third-order valence-electron chi connectivity index (χ3n) is 4.52. The summed E-state index contributed by atoms with van der Waals surface area (Å²) in [6.07, 6.45) is 1.95. The highest BCUT2D eigenvalue weighted by Gasteiger charge is 2.29. The van der Waals surface area contributed by atoms with Gasteiger partial charge in [0.2, 0.25) is 10.0 Å². The number of amides is 1. The van der Waals surface area contributed by atoms with Crippen LogP contribution in [0.3, 0.4) is 0 Å². The third kappa shape index (κ3) is 4.16. The number of sulfonamides is 1. The molecule has 3 rings (SSSR count). The molecule has 6 nitrogen and oxygen atoms in total. The number of nitrogens with one attached hydrogen (secondary N) is 1. The predicted octanol–water partition coefficient (Wildman–Crippen LogP) is 2.70. The summed E-state index contributed by atoms with van der Waals surface area (Å²) in [5.41, 5.74) is 1.85. The first kappa shape index (κ1) is 18.3. The molecule has 2 aromatic carbocycles. The summed E-state index contributed by atoms with van der Waals surface area (Å²) in [4.78, 5) is 14.7. The summed E-state index contributed by atoms with van der Waals surface area (Å²) in [6.45, 7) is 1.25. The second-order valence-corrected chi connectivity index (χ2v) is 8.18. The normalized spacial score (nSPS) is 17.2. The van der Waals surface area contributed by atoms with E-state index in [9.17, 15) is 13.2 Å². The smallest absolute Gasteiger partial charge is 0.256 e. The number of carbonyl (C=O) groups excluding carboxylic acids is 1. The van der Waals surface area contributed by atoms with E-state index in [1.54, 1.807) is 36.3 Å². The van der Waals surface area contributed by atoms with E-state index in [0.717, 1.165) is 18.4 Å². The van der Waals surface area contributed by atoms with Crippen LogP contribution in [0.5, 0.6) is 5.75 Å². The highest BCUT2D eigenvalue weighted by atomic mass is 32.2. The molecule has 0 saturated carbocycles. The minimum absolute atomic E-state index is 0.159. The van der Waals surface area contributed by atoms with E-state index in [1.807, 2.05) is 24.3 Å². The van der Waals surface area contributed by atoms with Crippen LogP contribution >= 0.6 is 0 Å². The molecule has 0 radical (unpaired) electrons. The van der Waals surface area contributed by atoms with Crippen molar-refractivity contribution in [3.05, 3.63) is 59.7 Å². The number of carbonyl (C=O) groups is 1. The Morgan fingerprint density at radius 3 is 2.50 bits per heavy atom. The Kier molecular flexibility index (Phi) is 5.18. The fourth-order valence-electron chi connectivity index (χ4n) is 3.22. The molecule has 0 bridgehead atoms. The molecule has 1 amide bonds. The van der Waals surface area contributed by atoms with Gasteiger partial charge in [-0.2, -0.15) is 0 Å². The van der Waals surface area contributed by atoms with E-state index in [4.69, 9.17) is 4.74 Å². The van der Waals surface area contributed by atoms with Crippen LogP contribution in [0.15, 0.2) is 48.5 Å². The first-order valence-electron chi connectivity index (χ1n) is 8.37. The number of hydrogen-bond donors (Lipinski definition) is 1. The summed E-state index contributed by atoms with van der Waals surface area (Å²) in [5, 5.41) is 0. The van der Waals surface area contributed by atoms with Crippen LogP contribution in [0.2, 0.25) is 0 Å². The second kappa shape index (κ2) is 7.37. The topological polar surface area (TPSA) is 75.7 Å². The Bertz CT molecular complexity index is 894.